The molecule has 0 bridgehead atoms. The number of hydrogen-bond acceptors (Lipinski definition) is 3. The lowest BCUT2D eigenvalue weighted by atomic mass is 10.2. The zero-order valence-corrected chi connectivity index (χ0v) is 14.9. The van der Waals surface area contributed by atoms with E-state index in [1.54, 1.807) is 9.25 Å². The van der Waals surface area contributed by atoms with Crippen molar-refractivity contribution in [3.63, 3.8) is 0 Å². The Morgan fingerprint density at radius 2 is 1.88 bits per heavy atom. The van der Waals surface area contributed by atoms with E-state index < -0.39 is 0 Å². The van der Waals surface area contributed by atoms with Crippen molar-refractivity contribution >= 4 is 0 Å². The van der Waals surface area contributed by atoms with Crippen molar-refractivity contribution in [2.45, 2.75) is 52.6 Å². The van der Waals surface area contributed by atoms with Crippen LogP contribution in [0.5, 0.6) is 0 Å². The molecule has 25 heavy (non-hydrogen) atoms. The van der Waals surface area contributed by atoms with Crippen LogP contribution in [-0.2, 0) is 19.4 Å². The Balaban J connectivity index is 1.77. The van der Waals surface area contributed by atoms with Gasteiger partial charge in [0.1, 0.15) is 5.82 Å². The molecule has 0 spiro atoms. The van der Waals surface area contributed by atoms with Crippen LogP contribution in [0.1, 0.15) is 49.1 Å². The molecule has 0 radical (unpaired) electrons. The third-order valence-corrected chi connectivity index (χ3v) is 4.88. The summed E-state index contributed by atoms with van der Waals surface area (Å²) in [6.07, 6.45) is 3.21. The summed E-state index contributed by atoms with van der Waals surface area (Å²) < 4.78 is 5.32. The van der Waals surface area contributed by atoms with Crippen LogP contribution in [0.3, 0.4) is 0 Å². The fourth-order valence-corrected chi connectivity index (χ4v) is 3.61. The van der Waals surface area contributed by atoms with Crippen LogP contribution >= 0.6 is 0 Å². The molecule has 130 valence electrons. The normalized spacial score (nSPS) is 13.6. The molecule has 0 unspecified atom stereocenters. The molecule has 0 saturated carbocycles. The summed E-state index contributed by atoms with van der Waals surface area (Å²) >= 11 is 0. The highest BCUT2D eigenvalue weighted by Crippen LogP contribution is 2.28. The van der Waals surface area contributed by atoms with E-state index in [1.807, 2.05) is 43.7 Å². The minimum absolute atomic E-state index is 0.0556. The average Bonchev–Trinajstić information content (AvgIpc) is 3.27. The van der Waals surface area contributed by atoms with Gasteiger partial charge in [0.15, 0.2) is 0 Å². The van der Waals surface area contributed by atoms with Gasteiger partial charge < -0.3 is 0 Å². The molecule has 6 heteroatoms. The molecule has 6 nitrogen and oxygen atoms in total. The minimum Gasteiger partial charge on any atom is -0.273 e. The number of para-hydroxylation sites is 1. The molecule has 2 heterocycles. The van der Waals surface area contributed by atoms with Crippen molar-refractivity contribution in [2.24, 2.45) is 0 Å². The lowest BCUT2D eigenvalue weighted by Gasteiger charge is -2.05. The second kappa shape index (κ2) is 6.02. The van der Waals surface area contributed by atoms with Gasteiger partial charge in [-0.15, -0.1) is 0 Å². The minimum atomic E-state index is -0.0616. The van der Waals surface area contributed by atoms with Crippen LogP contribution in [0.2, 0.25) is 0 Å². The first kappa shape index (κ1) is 15.9. The SMILES string of the molecule is Cc1nn(C(C)C)c(=O)n1Cc1nn(-c2ccccc2)c2c1CCC2. The van der Waals surface area contributed by atoms with E-state index in [1.165, 1.54) is 11.3 Å². The summed E-state index contributed by atoms with van der Waals surface area (Å²) in [4.78, 5) is 12.6. The Hall–Kier alpha value is -2.63. The Bertz CT molecular complexity index is 962. The van der Waals surface area contributed by atoms with E-state index in [0.717, 1.165) is 36.5 Å². The number of aromatic nitrogens is 5. The van der Waals surface area contributed by atoms with E-state index >= 15 is 0 Å². The molecular formula is C19H23N5O. The van der Waals surface area contributed by atoms with Crippen LogP contribution in [0, 0.1) is 6.92 Å². The summed E-state index contributed by atoms with van der Waals surface area (Å²) in [5, 5.41) is 9.25. The average molecular weight is 337 g/mol. The predicted octanol–water partition coefficient (Wildman–Crippen LogP) is 2.66. The van der Waals surface area contributed by atoms with Gasteiger partial charge >= 0.3 is 5.69 Å². The molecule has 3 aromatic rings. The lowest BCUT2D eigenvalue weighted by molar-refractivity contribution is 0.505. The smallest absolute Gasteiger partial charge is 0.273 e. The molecule has 1 aliphatic rings. The van der Waals surface area contributed by atoms with E-state index in [0.29, 0.717) is 6.54 Å². The first-order valence-electron chi connectivity index (χ1n) is 8.87. The van der Waals surface area contributed by atoms with Gasteiger partial charge in [-0.2, -0.15) is 10.2 Å². The monoisotopic (exact) mass is 337 g/mol. The fraction of sp³-hybridized carbons (Fsp3) is 0.421. The van der Waals surface area contributed by atoms with Gasteiger partial charge in [-0.1, -0.05) is 18.2 Å². The maximum absolute atomic E-state index is 12.6. The highest BCUT2D eigenvalue weighted by atomic mass is 16.2. The molecule has 0 atom stereocenters. The molecule has 0 saturated heterocycles. The molecule has 4 rings (SSSR count). The van der Waals surface area contributed by atoms with E-state index in [2.05, 4.69) is 17.2 Å². The summed E-state index contributed by atoms with van der Waals surface area (Å²) in [6, 6.07) is 10.3. The van der Waals surface area contributed by atoms with Crippen LogP contribution in [0.4, 0.5) is 0 Å². The van der Waals surface area contributed by atoms with Gasteiger partial charge in [0.2, 0.25) is 0 Å². The van der Waals surface area contributed by atoms with Gasteiger partial charge in [-0.25, -0.2) is 14.2 Å². The summed E-state index contributed by atoms with van der Waals surface area (Å²) in [5.41, 5.74) is 4.59. The highest BCUT2D eigenvalue weighted by molar-refractivity contribution is 5.40. The zero-order valence-electron chi connectivity index (χ0n) is 14.9. The lowest BCUT2D eigenvalue weighted by Crippen LogP contribution is -2.27. The number of hydrogen-bond donors (Lipinski definition) is 0. The second-order valence-electron chi connectivity index (χ2n) is 6.93. The predicted molar refractivity (Wildman–Crippen MR) is 96.3 cm³/mol. The Morgan fingerprint density at radius 3 is 2.56 bits per heavy atom. The first-order chi connectivity index (χ1) is 12.1. The van der Waals surface area contributed by atoms with Gasteiger partial charge in [-0.05, 0) is 57.7 Å². The van der Waals surface area contributed by atoms with E-state index in [4.69, 9.17) is 5.10 Å². The summed E-state index contributed by atoms with van der Waals surface area (Å²) in [6.45, 7) is 6.31. The van der Waals surface area contributed by atoms with Crippen LogP contribution in [-0.4, -0.2) is 24.1 Å². The molecule has 1 aromatic carbocycles. The van der Waals surface area contributed by atoms with Crippen molar-refractivity contribution in [2.75, 3.05) is 0 Å². The zero-order chi connectivity index (χ0) is 17.6. The van der Waals surface area contributed by atoms with Crippen molar-refractivity contribution in [3.8, 4) is 5.69 Å². The van der Waals surface area contributed by atoms with Crippen molar-refractivity contribution < 1.29 is 0 Å². The number of rotatable bonds is 4. The molecular weight excluding hydrogens is 314 g/mol. The maximum atomic E-state index is 12.6. The Labute approximate surface area is 146 Å². The third-order valence-electron chi connectivity index (χ3n) is 4.88. The van der Waals surface area contributed by atoms with Crippen molar-refractivity contribution in [3.05, 3.63) is 63.6 Å². The standard InChI is InChI=1S/C19H23N5O/c1-13(2)23-19(25)22(14(3)20-23)12-17-16-10-7-11-18(16)24(21-17)15-8-5-4-6-9-15/h4-6,8-9,13H,7,10-12H2,1-3H3. The topological polar surface area (TPSA) is 57.6 Å². The molecule has 0 amide bonds. The van der Waals surface area contributed by atoms with Crippen LogP contribution < -0.4 is 5.69 Å². The van der Waals surface area contributed by atoms with Crippen LogP contribution in [0.25, 0.3) is 5.69 Å². The van der Waals surface area contributed by atoms with Crippen molar-refractivity contribution in [1.82, 2.24) is 24.1 Å². The fourth-order valence-electron chi connectivity index (χ4n) is 3.61. The summed E-state index contributed by atoms with van der Waals surface area (Å²) in [5.74, 6) is 0.736. The number of nitrogens with zero attached hydrogens (tertiary/aromatic N) is 5. The molecule has 0 aliphatic heterocycles. The number of fused-ring (bicyclic) bond motifs is 1. The number of benzene rings is 1. The third kappa shape index (κ3) is 2.62. The van der Waals surface area contributed by atoms with Gasteiger partial charge in [0.25, 0.3) is 0 Å². The van der Waals surface area contributed by atoms with E-state index in [-0.39, 0.29) is 11.7 Å². The van der Waals surface area contributed by atoms with Crippen molar-refractivity contribution in [1.29, 1.82) is 0 Å². The summed E-state index contributed by atoms with van der Waals surface area (Å²) in [7, 11) is 0. The first-order valence-corrected chi connectivity index (χ1v) is 8.87. The van der Waals surface area contributed by atoms with Crippen LogP contribution in [0.15, 0.2) is 35.1 Å². The van der Waals surface area contributed by atoms with Gasteiger partial charge in [0.05, 0.1) is 24.0 Å². The number of aryl methyl sites for hydroxylation is 1. The van der Waals surface area contributed by atoms with Gasteiger partial charge in [0, 0.05) is 5.69 Å². The molecule has 0 N–H and O–H groups in total. The Morgan fingerprint density at radius 1 is 1.12 bits per heavy atom. The molecule has 2 aromatic heterocycles. The largest absolute Gasteiger partial charge is 0.346 e. The van der Waals surface area contributed by atoms with E-state index in [9.17, 15) is 4.79 Å². The Kier molecular flexibility index (Phi) is 3.82. The second-order valence-corrected chi connectivity index (χ2v) is 6.93. The molecule has 1 aliphatic carbocycles. The highest BCUT2D eigenvalue weighted by Gasteiger charge is 2.24. The molecule has 0 fully saturated rings. The quantitative estimate of drug-likeness (QED) is 0.735. The maximum Gasteiger partial charge on any atom is 0.346 e. The van der Waals surface area contributed by atoms with Gasteiger partial charge in [-0.3, -0.25) is 4.57 Å².